The second kappa shape index (κ2) is 5.82. The molecule has 3 aliphatic rings. The van der Waals surface area contributed by atoms with E-state index in [9.17, 15) is 14.7 Å². The molecule has 1 aromatic rings. The van der Waals surface area contributed by atoms with Crippen molar-refractivity contribution in [2.45, 2.75) is 59.3 Å². The molecular weight excluding hydrogens is 340 g/mol. The minimum atomic E-state index is -0.530. The number of aliphatic hydroxyl groups excluding tert-OH is 1. The highest BCUT2D eigenvalue weighted by Gasteiger charge is 2.46. The molecule has 0 spiro atoms. The topological polar surface area (TPSA) is 63.6 Å². The molecule has 4 rings (SSSR count). The summed E-state index contributed by atoms with van der Waals surface area (Å²) in [6.45, 7) is 8.07. The Hall–Kier alpha value is -2.36. The third-order valence-corrected chi connectivity index (χ3v) is 5.82. The van der Waals surface area contributed by atoms with E-state index in [1.165, 1.54) is 0 Å². The summed E-state index contributed by atoms with van der Waals surface area (Å²) in [6, 6.07) is 7.53. The Morgan fingerprint density at radius 3 is 2.15 bits per heavy atom. The first-order valence-electron chi connectivity index (χ1n) is 9.56. The summed E-state index contributed by atoms with van der Waals surface area (Å²) in [4.78, 5) is 26.1. The fraction of sp³-hybridized carbons (Fsp3) is 0.478. The third kappa shape index (κ3) is 3.01. The summed E-state index contributed by atoms with van der Waals surface area (Å²) < 4.78 is 6.12. The van der Waals surface area contributed by atoms with Crippen molar-refractivity contribution in [2.75, 3.05) is 0 Å². The van der Waals surface area contributed by atoms with Crippen molar-refractivity contribution < 1.29 is 19.4 Å². The van der Waals surface area contributed by atoms with Crippen molar-refractivity contribution >= 4 is 11.6 Å². The van der Waals surface area contributed by atoms with Gasteiger partial charge in [0, 0.05) is 42.4 Å². The number of para-hydroxylation sites is 1. The lowest BCUT2D eigenvalue weighted by atomic mass is 9.66. The number of aliphatic hydroxyl groups is 1. The fourth-order valence-corrected chi connectivity index (χ4v) is 4.72. The number of fused-ring (bicyclic) bond motifs is 1. The standard InChI is InChI=1S/C23H26O4/c1-22(2)9-14(24)20(15(25)10-22)19-13-7-5-6-8-17(13)27-18-12-23(3,4)11-16(26)21(18)19/h5-8,19,24H,9-12H2,1-4H3/t19-/m1/s1. The SMILES string of the molecule is CC1(C)CC(=O)C([C@@H]2C3=C(CC(C)(C)CC3=O)Oc3ccccc32)=C(O)C1. The van der Waals surface area contributed by atoms with Crippen LogP contribution < -0.4 is 4.74 Å². The summed E-state index contributed by atoms with van der Waals surface area (Å²) >= 11 is 0. The van der Waals surface area contributed by atoms with Gasteiger partial charge in [-0.25, -0.2) is 0 Å². The van der Waals surface area contributed by atoms with Crippen molar-refractivity contribution in [1.82, 2.24) is 0 Å². The van der Waals surface area contributed by atoms with Gasteiger partial charge in [-0.05, 0) is 16.9 Å². The van der Waals surface area contributed by atoms with Crippen LogP contribution in [0.4, 0.5) is 0 Å². The van der Waals surface area contributed by atoms with E-state index in [2.05, 4.69) is 13.8 Å². The second-order valence-electron chi connectivity index (χ2n) is 9.65. The maximum atomic E-state index is 13.1. The average molecular weight is 366 g/mol. The van der Waals surface area contributed by atoms with Gasteiger partial charge in [0.1, 0.15) is 17.3 Å². The first kappa shape index (κ1) is 18.0. The zero-order valence-corrected chi connectivity index (χ0v) is 16.4. The van der Waals surface area contributed by atoms with Crippen LogP contribution in [0.25, 0.3) is 0 Å². The molecule has 0 fully saturated rings. The lowest BCUT2D eigenvalue weighted by molar-refractivity contribution is -0.119. The molecule has 0 saturated carbocycles. The predicted octanol–water partition coefficient (Wildman–Crippen LogP) is 5.01. The number of hydrogen-bond acceptors (Lipinski definition) is 4. The molecule has 4 heteroatoms. The molecule has 1 N–H and O–H groups in total. The first-order chi connectivity index (χ1) is 12.6. The Bertz CT molecular complexity index is 914. The van der Waals surface area contributed by atoms with Gasteiger partial charge in [0.25, 0.3) is 0 Å². The molecule has 2 aliphatic carbocycles. The van der Waals surface area contributed by atoms with Crippen LogP contribution in [-0.2, 0) is 9.59 Å². The Labute approximate surface area is 159 Å². The summed E-state index contributed by atoms with van der Waals surface area (Å²) in [7, 11) is 0. The molecule has 0 amide bonds. The highest BCUT2D eigenvalue weighted by molar-refractivity contribution is 6.06. The lowest BCUT2D eigenvalue weighted by Gasteiger charge is -2.40. The van der Waals surface area contributed by atoms with E-state index >= 15 is 0 Å². The van der Waals surface area contributed by atoms with Crippen LogP contribution in [0.5, 0.6) is 5.75 Å². The van der Waals surface area contributed by atoms with Crippen LogP contribution in [0.3, 0.4) is 0 Å². The average Bonchev–Trinajstić information content (AvgIpc) is 2.50. The molecule has 1 atom stereocenters. The molecule has 27 heavy (non-hydrogen) atoms. The highest BCUT2D eigenvalue weighted by Crippen LogP contribution is 2.52. The number of benzene rings is 1. The number of rotatable bonds is 1. The summed E-state index contributed by atoms with van der Waals surface area (Å²) in [5, 5.41) is 10.8. The van der Waals surface area contributed by atoms with E-state index < -0.39 is 5.92 Å². The number of carbonyl (C=O) groups is 2. The number of ketones is 2. The van der Waals surface area contributed by atoms with E-state index in [-0.39, 0.29) is 28.2 Å². The van der Waals surface area contributed by atoms with Crippen molar-refractivity contribution in [1.29, 1.82) is 0 Å². The van der Waals surface area contributed by atoms with Gasteiger partial charge in [-0.2, -0.15) is 0 Å². The van der Waals surface area contributed by atoms with Crippen LogP contribution in [0.15, 0.2) is 46.9 Å². The molecule has 1 aromatic carbocycles. The van der Waals surface area contributed by atoms with Crippen LogP contribution in [0, 0.1) is 10.8 Å². The van der Waals surface area contributed by atoms with Crippen molar-refractivity contribution in [3.8, 4) is 5.75 Å². The van der Waals surface area contributed by atoms with Gasteiger partial charge in [0.15, 0.2) is 11.6 Å². The summed E-state index contributed by atoms with van der Waals surface area (Å²) in [5.41, 5.74) is 1.28. The Morgan fingerprint density at radius 1 is 0.889 bits per heavy atom. The lowest BCUT2D eigenvalue weighted by Crippen LogP contribution is -2.36. The number of hydrogen-bond donors (Lipinski definition) is 1. The van der Waals surface area contributed by atoms with E-state index in [0.717, 1.165) is 5.56 Å². The van der Waals surface area contributed by atoms with Crippen molar-refractivity contribution in [2.24, 2.45) is 10.8 Å². The van der Waals surface area contributed by atoms with Gasteiger partial charge < -0.3 is 9.84 Å². The monoisotopic (exact) mass is 366 g/mol. The molecule has 0 bridgehead atoms. The van der Waals surface area contributed by atoms with Crippen molar-refractivity contribution in [3.05, 3.63) is 52.5 Å². The number of Topliss-reactive ketones (excluding diaryl/α,β-unsaturated/α-hetero) is 2. The maximum Gasteiger partial charge on any atom is 0.163 e. The van der Waals surface area contributed by atoms with Crippen LogP contribution >= 0.6 is 0 Å². The smallest absolute Gasteiger partial charge is 0.163 e. The minimum Gasteiger partial charge on any atom is -0.512 e. The number of allylic oxidation sites excluding steroid dienone is 4. The predicted molar refractivity (Wildman–Crippen MR) is 103 cm³/mol. The van der Waals surface area contributed by atoms with Gasteiger partial charge in [-0.3, -0.25) is 9.59 Å². The molecule has 4 nitrogen and oxygen atoms in total. The molecule has 1 heterocycles. The molecule has 142 valence electrons. The maximum absolute atomic E-state index is 13.1. The van der Waals surface area contributed by atoms with Crippen molar-refractivity contribution in [3.63, 3.8) is 0 Å². The zero-order chi connectivity index (χ0) is 19.6. The van der Waals surface area contributed by atoms with E-state index in [0.29, 0.717) is 48.3 Å². The van der Waals surface area contributed by atoms with Gasteiger partial charge >= 0.3 is 0 Å². The van der Waals surface area contributed by atoms with Crippen LogP contribution in [0.1, 0.15) is 64.9 Å². The normalized spacial score (nSPS) is 26.4. The minimum absolute atomic E-state index is 0.0127. The molecule has 0 unspecified atom stereocenters. The Balaban J connectivity index is 1.93. The van der Waals surface area contributed by atoms with E-state index in [1.807, 2.05) is 38.1 Å². The third-order valence-electron chi connectivity index (χ3n) is 5.82. The summed E-state index contributed by atoms with van der Waals surface area (Å²) in [6.07, 6.45) is 1.87. The highest BCUT2D eigenvalue weighted by atomic mass is 16.5. The van der Waals surface area contributed by atoms with Gasteiger partial charge in [0.2, 0.25) is 0 Å². The van der Waals surface area contributed by atoms with Crippen LogP contribution in [-0.4, -0.2) is 16.7 Å². The second-order valence-corrected chi connectivity index (χ2v) is 9.65. The van der Waals surface area contributed by atoms with Crippen LogP contribution in [0.2, 0.25) is 0 Å². The number of carbonyl (C=O) groups excluding carboxylic acids is 2. The van der Waals surface area contributed by atoms with Gasteiger partial charge in [-0.1, -0.05) is 45.9 Å². The number of ether oxygens (including phenoxy) is 1. The Kier molecular flexibility index (Phi) is 3.88. The largest absolute Gasteiger partial charge is 0.512 e. The van der Waals surface area contributed by atoms with E-state index in [1.54, 1.807) is 0 Å². The van der Waals surface area contributed by atoms with Gasteiger partial charge in [0.05, 0.1) is 5.92 Å². The quantitative estimate of drug-likeness (QED) is 0.759. The molecule has 1 aliphatic heterocycles. The molecule has 0 radical (unpaired) electrons. The fourth-order valence-electron chi connectivity index (χ4n) is 4.72. The van der Waals surface area contributed by atoms with Gasteiger partial charge in [-0.15, -0.1) is 0 Å². The first-order valence-corrected chi connectivity index (χ1v) is 9.56. The zero-order valence-electron chi connectivity index (χ0n) is 16.4. The Morgan fingerprint density at radius 2 is 1.48 bits per heavy atom. The molecule has 0 aromatic heterocycles. The molecular formula is C23H26O4. The molecule has 0 saturated heterocycles. The van der Waals surface area contributed by atoms with E-state index in [4.69, 9.17) is 4.74 Å². The summed E-state index contributed by atoms with van der Waals surface area (Å²) in [5.74, 6) is 0.843.